The van der Waals surface area contributed by atoms with Gasteiger partial charge in [-0.3, -0.25) is 48.4 Å². The first-order chi connectivity index (χ1) is 42.9. The second kappa shape index (κ2) is 30.0. The lowest BCUT2D eigenvalue weighted by Crippen LogP contribution is -2.44. The molecule has 6 heterocycles. The molecule has 89 heavy (non-hydrogen) atoms. The minimum absolute atomic E-state index is 0.00667. The van der Waals surface area contributed by atoms with Crippen LogP contribution >= 0.6 is 0 Å². The molecule has 4 atom stereocenters. The summed E-state index contributed by atoms with van der Waals surface area (Å²) in [5.41, 5.74) is 9.11. The number of piperazine rings is 1. The highest BCUT2D eigenvalue weighted by Gasteiger charge is 2.36. The van der Waals surface area contributed by atoms with E-state index in [2.05, 4.69) is 77.6 Å². The third kappa shape index (κ3) is 16.0. The van der Waals surface area contributed by atoms with Crippen LogP contribution in [0.5, 0.6) is 23.0 Å². The zero-order valence-corrected chi connectivity index (χ0v) is 52.6. The van der Waals surface area contributed by atoms with Crippen molar-refractivity contribution in [2.45, 2.75) is 123 Å². The van der Waals surface area contributed by atoms with Gasteiger partial charge >= 0.3 is 0 Å². The van der Waals surface area contributed by atoms with Gasteiger partial charge in [0.25, 0.3) is 23.6 Å². The molecule has 0 bridgehead atoms. The van der Waals surface area contributed by atoms with Crippen LogP contribution in [-0.4, -0.2) is 158 Å². The van der Waals surface area contributed by atoms with Crippen molar-refractivity contribution in [3.63, 3.8) is 0 Å². The number of amides is 5. The SMILES string of the molecule is CC(=O)[C@H](C)NC(=O)[C@@H](CC(=O)CCCCCN1C(=O)C=CC1=O)C(C)C.CCc1cccc(C2=CN3C(=O)c4cc(OC)c(OCCCCCOc5cc6c(cc5OC)C(=O)N5C=C(c7ccc(N8CCN(C)CC8)cc7)C[C@H]5C=N6)cc4N=C[C@@H]3C2)c1. The van der Waals surface area contributed by atoms with Gasteiger partial charge in [0.15, 0.2) is 28.8 Å². The summed E-state index contributed by atoms with van der Waals surface area (Å²) in [6.45, 7) is 14.4. The van der Waals surface area contributed by atoms with E-state index in [0.29, 0.717) is 97.4 Å². The Morgan fingerprint density at radius 3 is 1.73 bits per heavy atom. The number of nitrogens with one attached hydrogen (secondary N) is 1. The minimum Gasteiger partial charge on any atom is -0.493 e. The van der Waals surface area contributed by atoms with Crippen molar-refractivity contribution in [2.24, 2.45) is 21.8 Å². The Kier molecular flexibility index (Phi) is 21.8. The van der Waals surface area contributed by atoms with Crippen LogP contribution in [0.4, 0.5) is 17.1 Å². The van der Waals surface area contributed by atoms with Crippen molar-refractivity contribution < 1.29 is 52.5 Å². The predicted octanol–water partition coefficient (Wildman–Crippen LogP) is 10.4. The number of rotatable bonds is 26. The number of hydrogen-bond donors (Lipinski definition) is 1. The van der Waals surface area contributed by atoms with Gasteiger partial charge in [0.05, 0.1) is 68.1 Å². The average Bonchev–Trinajstić information content (AvgIpc) is 1.74. The van der Waals surface area contributed by atoms with E-state index < -0.39 is 12.0 Å². The van der Waals surface area contributed by atoms with Gasteiger partial charge < -0.3 is 43.9 Å². The van der Waals surface area contributed by atoms with Crippen LogP contribution in [0, 0.1) is 11.8 Å². The van der Waals surface area contributed by atoms with Crippen molar-refractivity contribution in [1.82, 2.24) is 24.9 Å². The quantitative estimate of drug-likeness (QED) is 0.0459. The maximum atomic E-state index is 13.9. The first-order valence-electron chi connectivity index (χ1n) is 31.3. The Labute approximate surface area is 522 Å². The molecule has 19 nitrogen and oxygen atoms in total. The number of nitrogens with zero attached hydrogens (tertiary/aromatic N) is 7. The van der Waals surface area contributed by atoms with Gasteiger partial charge in [0, 0.05) is 119 Å². The molecule has 1 saturated heterocycles. The number of aliphatic imine (C=N–C) groups is 2. The lowest BCUT2D eigenvalue weighted by atomic mass is 9.88. The van der Waals surface area contributed by atoms with E-state index in [1.165, 1.54) is 35.2 Å². The van der Waals surface area contributed by atoms with Crippen LogP contribution in [0.1, 0.15) is 136 Å². The highest BCUT2D eigenvalue weighted by atomic mass is 16.5. The van der Waals surface area contributed by atoms with Crippen LogP contribution in [-0.2, 0) is 30.4 Å². The number of carbonyl (C=O) groups excluding carboxylic acids is 7. The summed E-state index contributed by atoms with van der Waals surface area (Å²) >= 11 is 0. The number of ketones is 2. The van der Waals surface area contributed by atoms with Crippen LogP contribution in [0.2, 0.25) is 0 Å². The molecule has 5 amide bonds. The third-order valence-corrected chi connectivity index (χ3v) is 17.3. The van der Waals surface area contributed by atoms with Gasteiger partial charge in [0.2, 0.25) is 5.91 Å². The second-order valence-electron chi connectivity index (χ2n) is 23.9. The van der Waals surface area contributed by atoms with Crippen LogP contribution in [0.3, 0.4) is 0 Å². The molecule has 0 aliphatic carbocycles. The van der Waals surface area contributed by atoms with Crippen LogP contribution in [0.25, 0.3) is 11.1 Å². The van der Waals surface area contributed by atoms with E-state index in [1.807, 2.05) is 38.7 Å². The first kappa shape index (κ1) is 64.8. The third-order valence-electron chi connectivity index (χ3n) is 17.3. The molecule has 0 spiro atoms. The number of benzene rings is 4. The van der Waals surface area contributed by atoms with Crippen molar-refractivity contribution >= 4 is 81.7 Å². The number of likely N-dealkylation sites (N-methyl/N-ethyl adjacent to an activating group) is 1. The summed E-state index contributed by atoms with van der Waals surface area (Å²) in [7, 11) is 5.33. The highest BCUT2D eigenvalue weighted by molar-refractivity contribution is 6.13. The summed E-state index contributed by atoms with van der Waals surface area (Å²) < 4.78 is 23.8. The first-order valence-corrected chi connectivity index (χ1v) is 31.3. The van der Waals surface area contributed by atoms with Gasteiger partial charge in [0.1, 0.15) is 5.78 Å². The molecule has 19 heteroatoms. The standard InChI is InChI=1S/C50H54N6O6.C20H30N2O5/c1-5-33-10-9-11-35(22-33)37-24-40-30-52-44-28-48(46(60-4)26-42(44)50(58)56(40)32-37)62-21-8-6-7-20-61-47-27-43-41(25-45(47)59-3)49(57)55-31-36(23-39(55)29-51-43)34-12-14-38(15-13-34)54-18-16-53(2)17-19-54;1-13(2)17(20(27)21-14(3)15(4)23)12-16(24)8-6-5-7-11-22-18(25)9-10-19(22)26/h9-15,22,25-32,39-40H,5-8,16-21,23-24H2,1-4H3;9-10,13-14,17H,5-8,11-12H2,1-4H3,(H,21,27)/t39-,40-;14-,17-/m00/s1. The normalized spacial score (nSPS) is 18.3. The van der Waals surface area contributed by atoms with Gasteiger partial charge in [-0.15, -0.1) is 0 Å². The van der Waals surface area contributed by atoms with Gasteiger partial charge in [-0.2, -0.15) is 0 Å². The van der Waals surface area contributed by atoms with Crippen LogP contribution < -0.4 is 29.2 Å². The van der Waals surface area contributed by atoms with Crippen molar-refractivity contribution in [3.8, 4) is 23.0 Å². The average molecular weight is 1210 g/mol. The fourth-order valence-corrected chi connectivity index (χ4v) is 11.7. The molecule has 10 rings (SSSR count). The molecule has 6 aliphatic rings. The summed E-state index contributed by atoms with van der Waals surface area (Å²) in [5.74, 6) is 0.450. The molecular weight excluding hydrogens is 1130 g/mol. The smallest absolute Gasteiger partial charge is 0.260 e. The Balaban J connectivity index is 0.000000294. The molecule has 470 valence electrons. The summed E-state index contributed by atoms with van der Waals surface area (Å²) in [6, 6.07) is 23.4. The molecule has 0 aromatic heterocycles. The molecule has 6 aliphatic heterocycles. The van der Waals surface area contributed by atoms with Gasteiger partial charge in [-0.05, 0) is 117 Å². The Bertz CT molecular complexity index is 3430. The number of anilines is 1. The second-order valence-corrected chi connectivity index (χ2v) is 23.9. The molecule has 1 fully saturated rings. The van der Waals surface area contributed by atoms with E-state index in [4.69, 9.17) is 28.9 Å². The van der Waals surface area contributed by atoms with Crippen molar-refractivity contribution in [3.05, 3.63) is 125 Å². The molecule has 0 unspecified atom stereocenters. The van der Waals surface area contributed by atoms with E-state index in [1.54, 1.807) is 55.2 Å². The molecule has 4 aromatic rings. The molecule has 4 aromatic carbocycles. The number of aryl methyl sites for hydroxylation is 1. The van der Waals surface area contributed by atoms with E-state index >= 15 is 0 Å². The number of imide groups is 1. The zero-order chi connectivity index (χ0) is 63.3. The topological polar surface area (TPSA) is 209 Å². The number of fused-ring (bicyclic) bond motifs is 4. The maximum absolute atomic E-state index is 13.9. The molecule has 1 N–H and O–H groups in total. The number of methoxy groups -OCH3 is 2. The molecular formula is C70H84N8O11. The predicted molar refractivity (Wildman–Crippen MR) is 345 cm³/mol. The Morgan fingerprint density at radius 2 is 1.20 bits per heavy atom. The number of hydrogen-bond acceptors (Lipinski definition) is 15. The number of unbranched alkanes of at least 4 members (excludes halogenated alkanes) is 4. The molecule has 0 radical (unpaired) electrons. The van der Waals surface area contributed by atoms with Crippen molar-refractivity contribution in [1.29, 1.82) is 0 Å². The van der Waals surface area contributed by atoms with Crippen molar-refractivity contribution in [2.75, 3.05) is 72.1 Å². The van der Waals surface area contributed by atoms with Crippen LogP contribution in [0.15, 0.2) is 107 Å². The summed E-state index contributed by atoms with van der Waals surface area (Å²) in [5, 5.41) is 2.67. The Morgan fingerprint density at radius 1 is 0.652 bits per heavy atom. The monoisotopic (exact) mass is 1210 g/mol. The highest BCUT2D eigenvalue weighted by Crippen LogP contribution is 2.42. The lowest BCUT2D eigenvalue weighted by molar-refractivity contribution is -0.137. The van der Waals surface area contributed by atoms with E-state index in [-0.39, 0.29) is 65.5 Å². The maximum Gasteiger partial charge on any atom is 0.260 e. The van der Waals surface area contributed by atoms with E-state index in [0.717, 1.165) is 80.6 Å². The minimum atomic E-state index is -0.556. The fourth-order valence-electron chi connectivity index (χ4n) is 11.7. The lowest BCUT2D eigenvalue weighted by Gasteiger charge is -2.34. The molecule has 0 saturated carbocycles. The van der Waals surface area contributed by atoms with Gasteiger partial charge in [-0.25, -0.2) is 0 Å². The summed E-state index contributed by atoms with van der Waals surface area (Å²) in [6.07, 6.45) is 17.5. The van der Waals surface area contributed by atoms with Gasteiger partial charge in [-0.1, -0.05) is 63.6 Å². The Hall–Kier alpha value is -8.71. The van der Waals surface area contributed by atoms with E-state index in [9.17, 15) is 33.6 Å². The summed E-state index contributed by atoms with van der Waals surface area (Å²) in [4.78, 5) is 106. The zero-order valence-electron chi connectivity index (χ0n) is 52.6. The fraction of sp³-hybridized carbons (Fsp3) is 0.443. The number of Topliss-reactive ketones (excluding diaryl/α,β-unsaturated/α-hetero) is 2. The number of carbonyl (C=O) groups is 7. The number of ether oxygens (including phenoxy) is 4. The largest absolute Gasteiger partial charge is 0.493 e.